The molecule has 0 fully saturated rings. The highest BCUT2D eigenvalue weighted by Gasteiger charge is 2.14. The number of halogens is 2. The number of alkyl halides is 1. The van der Waals surface area contributed by atoms with Gasteiger partial charge in [-0.25, -0.2) is 4.98 Å². The van der Waals surface area contributed by atoms with Crippen LogP contribution >= 0.6 is 27.5 Å². The Hall–Kier alpha value is -1.46. The van der Waals surface area contributed by atoms with Gasteiger partial charge in [-0.05, 0) is 28.1 Å². The zero-order valence-corrected chi connectivity index (χ0v) is 12.1. The van der Waals surface area contributed by atoms with E-state index in [4.69, 9.17) is 16.1 Å². The third-order valence-electron chi connectivity index (χ3n) is 2.67. The van der Waals surface area contributed by atoms with Crippen molar-refractivity contribution in [3.05, 3.63) is 40.7 Å². The van der Waals surface area contributed by atoms with Crippen molar-refractivity contribution in [2.75, 3.05) is 5.88 Å². The molecule has 2 heterocycles. The number of hydrogen-bond donors (Lipinski definition) is 0. The van der Waals surface area contributed by atoms with Crippen molar-refractivity contribution in [3.8, 4) is 11.5 Å². The van der Waals surface area contributed by atoms with E-state index in [1.54, 1.807) is 0 Å². The topological polar surface area (TPSA) is 51.8 Å². The van der Waals surface area contributed by atoms with Crippen LogP contribution in [-0.2, 0) is 6.42 Å². The highest BCUT2D eigenvalue weighted by molar-refractivity contribution is 9.10. The molecular formula is C13H9BrClN3O. The number of rotatable bonds is 3. The van der Waals surface area contributed by atoms with Crippen LogP contribution in [0.15, 0.2) is 39.3 Å². The van der Waals surface area contributed by atoms with E-state index >= 15 is 0 Å². The normalized spacial score (nSPS) is 11.1. The molecule has 96 valence electrons. The largest absolute Gasteiger partial charge is 0.339 e. The Morgan fingerprint density at radius 3 is 2.89 bits per heavy atom. The predicted molar refractivity (Wildman–Crippen MR) is 77.2 cm³/mol. The molecule has 0 bridgehead atoms. The van der Waals surface area contributed by atoms with E-state index in [0.717, 1.165) is 15.4 Å². The average Bonchev–Trinajstić information content (AvgIpc) is 2.87. The lowest BCUT2D eigenvalue weighted by Gasteiger charge is -2.02. The van der Waals surface area contributed by atoms with Crippen molar-refractivity contribution in [2.45, 2.75) is 6.42 Å². The summed E-state index contributed by atoms with van der Waals surface area (Å²) in [5, 5.41) is 4.99. The number of aromatic nitrogens is 3. The molecule has 0 saturated heterocycles. The molecular weight excluding hydrogens is 330 g/mol. The molecule has 0 amide bonds. The molecule has 0 radical (unpaired) electrons. The lowest BCUT2D eigenvalue weighted by molar-refractivity contribution is 0.383. The molecule has 0 saturated carbocycles. The van der Waals surface area contributed by atoms with Crippen LogP contribution in [0.1, 0.15) is 5.89 Å². The van der Waals surface area contributed by atoms with Gasteiger partial charge in [0.05, 0.1) is 5.52 Å². The summed E-state index contributed by atoms with van der Waals surface area (Å²) in [6.07, 6.45) is 0.555. The second-order valence-electron chi connectivity index (χ2n) is 3.96. The van der Waals surface area contributed by atoms with Crippen LogP contribution in [0.2, 0.25) is 0 Å². The SMILES string of the molecule is ClCCc1nc(-c2nc3ccccc3cc2Br)no1. The molecule has 4 nitrogen and oxygen atoms in total. The maximum Gasteiger partial charge on any atom is 0.228 e. The molecule has 0 unspecified atom stereocenters. The Labute approximate surface area is 122 Å². The summed E-state index contributed by atoms with van der Waals surface area (Å²) in [6.45, 7) is 0. The monoisotopic (exact) mass is 337 g/mol. The number of pyridine rings is 1. The number of nitrogens with zero attached hydrogens (tertiary/aromatic N) is 3. The van der Waals surface area contributed by atoms with Crippen LogP contribution in [0.4, 0.5) is 0 Å². The van der Waals surface area contributed by atoms with Gasteiger partial charge in [0.25, 0.3) is 0 Å². The van der Waals surface area contributed by atoms with Crippen molar-refractivity contribution in [1.82, 2.24) is 15.1 Å². The van der Waals surface area contributed by atoms with Gasteiger partial charge < -0.3 is 4.52 Å². The first-order valence-electron chi connectivity index (χ1n) is 5.72. The molecule has 0 aliphatic rings. The lowest BCUT2D eigenvalue weighted by atomic mass is 10.2. The van der Waals surface area contributed by atoms with Crippen LogP contribution in [0.3, 0.4) is 0 Å². The number of para-hydroxylation sites is 1. The van der Waals surface area contributed by atoms with Gasteiger partial charge in [-0.1, -0.05) is 23.4 Å². The summed E-state index contributed by atoms with van der Waals surface area (Å²) >= 11 is 9.14. The predicted octanol–water partition coefficient (Wildman–Crippen LogP) is 3.83. The van der Waals surface area contributed by atoms with E-state index in [1.807, 2.05) is 30.3 Å². The standard InChI is InChI=1S/C13H9BrClN3O/c14-9-7-8-3-1-2-4-10(8)16-12(9)13-17-11(5-6-15)19-18-13/h1-4,7H,5-6H2. The third kappa shape index (κ3) is 2.48. The highest BCUT2D eigenvalue weighted by Crippen LogP contribution is 2.27. The van der Waals surface area contributed by atoms with Crippen LogP contribution in [0.5, 0.6) is 0 Å². The maximum atomic E-state index is 5.65. The fourth-order valence-electron chi connectivity index (χ4n) is 1.78. The third-order valence-corrected chi connectivity index (χ3v) is 3.46. The fourth-order valence-corrected chi connectivity index (χ4v) is 2.45. The Kier molecular flexibility index (Phi) is 3.48. The molecule has 3 aromatic rings. The number of hydrogen-bond acceptors (Lipinski definition) is 4. The van der Waals surface area contributed by atoms with Gasteiger partial charge in [0.15, 0.2) is 0 Å². The molecule has 3 rings (SSSR count). The average molecular weight is 339 g/mol. The van der Waals surface area contributed by atoms with Gasteiger partial charge in [-0.3, -0.25) is 0 Å². The number of benzene rings is 1. The fraction of sp³-hybridized carbons (Fsp3) is 0.154. The summed E-state index contributed by atoms with van der Waals surface area (Å²) in [7, 11) is 0. The van der Waals surface area contributed by atoms with Crippen molar-refractivity contribution < 1.29 is 4.52 Å². The summed E-state index contributed by atoms with van der Waals surface area (Å²) in [5.74, 6) is 1.44. The quantitative estimate of drug-likeness (QED) is 0.681. The summed E-state index contributed by atoms with van der Waals surface area (Å²) in [5.41, 5.74) is 1.56. The lowest BCUT2D eigenvalue weighted by Crippen LogP contribution is -1.90. The van der Waals surface area contributed by atoms with Crippen molar-refractivity contribution in [2.24, 2.45) is 0 Å². The van der Waals surface area contributed by atoms with E-state index in [0.29, 0.717) is 29.7 Å². The smallest absolute Gasteiger partial charge is 0.228 e. The Balaban J connectivity index is 2.10. The molecule has 0 aliphatic heterocycles. The molecule has 2 aromatic heterocycles. The maximum absolute atomic E-state index is 5.65. The van der Waals surface area contributed by atoms with Gasteiger partial charge in [0.1, 0.15) is 5.69 Å². The zero-order valence-electron chi connectivity index (χ0n) is 9.81. The molecule has 0 aliphatic carbocycles. The second-order valence-corrected chi connectivity index (χ2v) is 5.19. The minimum absolute atomic E-state index is 0.452. The van der Waals surface area contributed by atoms with Crippen LogP contribution in [0, 0.1) is 0 Å². The Morgan fingerprint density at radius 2 is 2.05 bits per heavy atom. The van der Waals surface area contributed by atoms with Gasteiger partial charge in [0.2, 0.25) is 11.7 Å². The van der Waals surface area contributed by atoms with E-state index < -0.39 is 0 Å². The van der Waals surface area contributed by atoms with Gasteiger partial charge in [-0.15, -0.1) is 11.6 Å². The molecule has 0 N–H and O–H groups in total. The Morgan fingerprint density at radius 1 is 1.21 bits per heavy atom. The van der Waals surface area contributed by atoms with Crippen molar-refractivity contribution in [1.29, 1.82) is 0 Å². The van der Waals surface area contributed by atoms with E-state index in [-0.39, 0.29) is 0 Å². The summed E-state index contributed by atoms with van der Waals surface area (Å²) in [4.78, 5) is 8.84. The van der Waals surface area contributed by atoms with E-state index in [2.05, 4.69) is 31.1 Å². The van der Waals surface area contributed by atoms with E-state index in [9.17, 15) is 0 Å². The van der Waals surface area contributed by atoms with Crippen LogP contribution in [-0.4, -0.2) is 21.0 Å². The molecule has 1 aromatic carbocycles. The minimum Gasteiger partial charge on any atom is -0.339 e. The van der Waals surface area contributed by atoms with Crippen LogP contribution < -0.4 is 0 Å². The van der Waals surface area contributed by atoms with Crippen molar-refractivity contribution >= 4 is 38.4 Å². The van der Waals surface area contributed by atoms with Gasteiger partial charge in [-0.2, -0.15) is 4.98 Å². The minimum atomic E-state index is 0.452. The molecule has 0 atom stereocenters. The van der Waals surface area contributed by atoms with Crippen molar-refractivity contribution in [3.63, 3.8) is 0 Å². The zero-order chi connectivity index (χ0) is 13.2. The molecule has 19 heavy (non-hydrogen) atoms. The molecule has 0 spiro atoms. The van der Waals surface area contributed by atoms with Crippen LogP contribution in [0.25, 0.3) is 22.4 Å². The first-order valence-corrected chi connectivity index (χ1v) is 7.05. The highest BCUT2D eigenvalue weighted by atomic mass is 79.9. The van der Waals surface area contributed by atoms with Gasteiger partial charge >= 0.3 is 0 Å². The first-order chi connectivity index (χ1) is 9.28. The first kappa shape index (κ1) is 12.6. The summed E-state index contributed by atoms with van der Waals surface area (Å²) < 4.78 is 5.96. The summed E-state index contributed by atoms with van der Waals surface area (Å²) in [6, 6.07) is 9.87. The second kappa shape index (κ2) is 5.27. The number of aryl methyl sites for hydroxylation is 1. The van der Waals surface area contributed by atoms with Gasteiger partial charge in [0, 0.05) is 22.2 Å². The molecule has 6 heteroatoms. The Bertz CT molecular complexity index is 729. The van der Waals surface area contributed by atoms with E-state index in [1.165, 1.54) is 0 Å². The number of fused-ring (bicyclic) bond motifs is 1.